The molecule has 1 aromatic heterocycles. The molecule has 1 fully saturated rings. The van der Waals surface area contributed by atoms with E-state index in [1.54, 1.807) is 5.38 Å². The normalized spacial score (nSPS) is 20.8. The monoisotopic (exact) mass is 346 g/mol. The van der Waals surface area contributed by atoms with Crippen LogP contribution in [0.2, 0.25) is 0 Å². The fourth-order valence-corrected chi connectivity index (χ4v) is 5.43. The highest BCUT2D eigenvalue weighted by molar-refractivity contribution is 7.89. The molecule has 2 heterocycles. The summed E-state index contributed by atoms with van der Waals surface area (Å²) in [6, 6.07) is 1.68. The van der Waals surface area contributed by atoms with Gasteiger partial charge in [-0.1, -0.05) is 6.42 Å². The van der Waals surface area contributed by atoms with Crippen molar-refractivity contribution >= 4 is 27.3 Å². The van der Waals surface area contributed by atoms with Gasteiger partial charge in [0.2, 0.25) is 10.0 Å². The Morgan fingerprint density at radius 2 is 2.14 bits per heavy atom. The second-order valence-corrected chi connectivity index (χ2v) is 8.40. The third kappa shape index (κ3) is 3.51. The zero-order chi connectivity index (χ0) is 16.3. The number of sulfonamides is 1. The van der Waals surface area contributed by atoms with Gasteiger partial charge in [-0.15, -0.1) is 11.3 Å². The fourth-order valence-electron chi connectivity index (χ4n) is 2.61. The lowest BCUT2D eigenvalue weighted by molar-refractivity contribution is 0.0602. The Morgan fingerprint density at radius 1 is 1.41 bits per heavy atom. The van der Waals surface area contributed by atoms with Gasteiger partial charge < -0.3 is 9.64 Å². The molecular weight excluding hydrogens is 324 g/mol. The number of hydrogen-bond acceptors (Lipinski definition) is 6. The van der Waals surface area contributed by atoms with Gasteiger partial charge in [-0.3, -0.25) is 0 Å². The highest BCUT2D eigenvalue weighted by atomic mass is 32.2. The Balaban J connectivity index is 2.33. The lowest BCUT2D eigenvalue weighted by atomic mass is 10.1. The van der Waals surface area contributed by atoms with Gasteiger partial charge in [0.1, 0.15) is 9.77 Å². The summed E-state index contributed by atoms with van der Waals surface area (Å²) in [4.78, 5) is 14.0. The minimum atomic E-state index is -3.68. The molecule has 0 aliphatic carbocycles. The molecule has 0 aromatic carbocycles. The van der Waals surface area contributed by atoms with Crippen molar-refractivity contribution in [1.29, 1.82) is 0 Å². The Morgan fingerprint density at radius 3 is 2.77 bits per heavy atom. The van der Waals surface area contributed by atoms with Gasteiger partial charge in [-0.25, -0.2) is 13.2 Å². The predicted molar refractivity (Wildman–Crippen MR) is 85.7 cm³/mol. The van der Waals surface area contributed by atoms with Crippen LogP contribution in [0.3, 0.4) is 0 Å². The first kappa shape index (κ1) is 17.4. The maximum atomic E-state index is 12.9. The zero-order valence-electron chi connectivity index (χ0n) is 13.1. The number of methoxy groups -OCH3 is 1. The molecule has 0 saturated carbocycles. The van der Waals surface area contributed by atoms with E-state index in [0.717, 1.165) is 30.6 Å². The molecule has 2 rings (SSSR count). The second kappa shape index (κ2) is 7.08. The van der Waals surface area contributed by atoms with Crippen LogP contribution in [0, 0.1) is 0 Å². The van der Waals surface area contributed by atoms with Crippen molar-refractivity contribution in [2.45, 2.75) is 30.2 Å². The number of esters is 1. The summed E-state index contributed by atoms with van der Waals surface area (Å²) in [5.41, 5.74) is 0. The number of carbonyl (C=O) groups excluding carboxylic acids is 1. The van der Waals surface area contributed by atoms with E-state index in [2.05, 4.69) is 9.64 Å². The maximum absolute atomic E-state index is 12.9. The first-order valence-electron chi connectivity index (χ1n) is 7.20. The van der Waals surface area contributed by atoms with Gasteiger partial charge in [0.15, 0.2) is 0 Å². The number of nitrogens with zero attached hydrogens (tertiary/aromatic N) is 2. The van der Waals surface area contributed by atoms with E-state index in [4.69, 9.17) is 0 Å². The summed E-state index contributed by atoms with van der Waals surface area (Å²) in [6.45, 7) is 0.939. The van der Waals surface area contributed by atoms with E-state index < -0.39 is 16.0 Å². The number of carbonyl (C=O) groups is 1. The van der Waals surface area contributed by atoms with Crippen molar-refractivity contribution < 1.29 is 17.9 Å². The summed E-state index contributed by atoms with van der Waals surface area (Å²) < 4.78 is 32.0. The van der Waals surface area contributed by atoms with E-state index in [9.17, 15) is 13.2 Å². The molecule has 0 radical (unpaired) electrons. The van der Waals surface area contributed by atoms with E-state index in [1.165, 1.54) is 17.5 Å². The van der Waals surface area contributed by atoms with Crippen molar-refractivity contribution in [2.24, 2.45) is 0 Å². The molecule has 22 heavy (non-hydrogen) atoms. The van der Waals surface area contributed by atoms with Gasteiger partial charge >= 0.3 is 5.97 Å². The van der Waals surface area contributed by atoms with Crippen molar-refractivity contribution in [2.75, 3.05) is 34.3 Å². The van der Waals surface area contributed by atoms with E-state index >= 15 is 0 Å². The molecule has 1 aromatic rings. The smallest absolute Gasteiger partial charge is 0.349 e. The molecule has 0 N–H and O–H groups in total. The first-order chi connectivity index (χ1) is 10.4. The largest absolute Gasteiger partial charge is 0.465 e. The quantitative estimate of drug-likeness (QED) is 0.776. The van der Waals surface area contributed by atoms with Crippen LogP contribution in [0.15, 0.2) is 16.3 Å². The molecule has 1 aliphatic heterocycles. The molecule has 6 nitrogen and oxygen atoms in total. The van der Waals surface area contributed by atoms with Crippen molar-refractivity contribution in [3.63, 3.8) is 0 Å². The van der Waals surface area contributed by atoms with Crippen LogP contribution in [-0.2, 0) is 14.8 Å². The lowest BCUT2D eigenvalue weighted by Crippen LogP contribution is -2.42. The molecule has 8 heteroatoms. The average molecular weight is 346 g/mol. The SMILES string of the molecule is COC(=O)c1sccc1S(=O)(=O)N1CCCC[C@H](N(C)C)C1. The summed E-state index contributed by atoms with van der Waals surface area (Å²) >= 11 is 1.09. The molecule has 0 bridgehead atoms. The van der Waals surface area contributed by atoms with E-state index in [1.807, 2.05) is 14.1 Å². The van der Waals surface area contributed by atoms with Gasteiger partial charge in [0, 0.05) is 19.1 Å². The third-order valence-corrected chi connectivity index (χ3v) is 6.89. The number of ether oxygens (including phenoxy) is 1. The molecule has 0 unspecified atom stereocenters. The van der Waals surface area contributed by atoms with Crippen LogP contribution in [-0.4, -0.2) is 63.9 Å². The van der Waals surface area contributed by atoms with Crippen LogP contribution in [0.5, 0.6) is 0 Å². The standard InChI is InChI=1S/C14H22N2O4S2/c1-15(2)11-6-4-5-8-16(10-11)22(18,19)12-7-9-21-13(12)14(17)20-3/h7,9,11H,4-6,8,10H2,1-3H3/t11-/m0/s1. The minimum absolute atomic E-state index is 0.0590. The van der Waals surface area contributed by atoms with Crippen LogP contribution < -0.4 is 0 Å². The molecule has 124 valence electrons. The molecular formula is C14H22N2O4S2. The van der Waals surface area contributed by atoms with Crippen LogP contribution in [0.4, 0.5) is 0 Å². The summed E-state index contributed by atoms with van der Waals surface area (Å²) in [7, 11) is 1.51. The van der Waals surface area contributed by atoms with Crippen LogP contribution in [0.1, 0.15) is 28.9 Å². The second-order valence-electron chi connectivity index (χ2n) is 5.58. The summed E-state index contributed by atoms with van der Waals surface area (Å²) in [6.07, 6.45) is 2.82. The molecule has 1 atom stereocenters. The molecule has 1 aliphatic rings. The minimum Gasteiger partial charge on any atom is -0.465 e. The Kier molecular flexibility index (Phi) is 5.60. The Bertz CT molecular complexity index is 625. The average Bonchev–Trinajstić information content (AvgIpc) is 2.83. The Labute approximate surface area is 135 Å². The zero-order valence-corrected chi connectivity index (χ0v) is 14.7. The van der Waals surface area contributed by atoms with Gasteiger partial charge in [-0.2, -0.15) is 4.31 Å². The number of hydrogen-bond donors (Lipinski definition) is 0. The van der Waals surface area contributed by atoms with Crippen LogP contribution in [0.25, 0.3) is 0 Å². The fraction of sp³-hybridized carbons (Fsp3) is 0.643. The van der Waals surface area contributed by atoms with Gasteiger partial charge in [0.25, 0.3) is 0 Å². The topological polar surface area (TPSA) is 66.9 Å². The highest BCUT2D eigenvalue weighted by Gasteiger charge is 2.33. The summed E-state index contributed by atoms with van der Waals surface area (Å²) in [5.74, 6) is -0.604. The number of thiophene rings is 1. The number of likely N-dealkylation sites (N-methyl/N-ethyl adjacent to an activating group) is 1. The van der Waals surface area contributed by atoms with Crippen molar-refractivity contribution in [3.8, 4) is 0 Å². The van der Waals surface area contributed by atoms with E-state index in [-0.39, 0.29) is 15.8 Å². The third-order valence-electron chi connectivity index (χ3n) is 3.96. The molecule has 0 amide bonds. The summed E-state index contributed by atoms with van der Waals surface area (Å²) in [5, 5.41) is 1.61. The predicted octanol–water partition coefficient (Wildman–Crippen LogP) is 1.64. The van der Waals surface area contributed by atoms with Gasteiger partial charge in [0.05, 0.1) is 7.11 Å². The first-order valence-corrected chi connectivity index (χ1v) is 9.52. The van der Waals surface area contributed by atoms with Crippen molar-refractivity contribution in [3.05, 3.63) is 16.3 Å². The maximum Gasteiger partial charge on any atom is 0.349 e. The van der Waals surface area contributed by atoms with Crippen LogP contribution >= 0.6 is 11.3 Å². The van der Waals surface area contributed by atoms with Crippen molar-refractivity contribution in [1.82, 2.24) is 9.21 Å². The highest BCUT2D eigenvalue weighted by Crippen LogP contribution is 2.28. The Hall–Kier alpha value is -0.960. The van der Waals surface area contributed by atoms with E-state index in [0.29, 0.717) is 13.1 Å². The number of rotatable bonds is 4. The molecule has 1 saturated heterocycles. The molecule has 0 spiro atoms. The van der Waals surface area contributed by atoms with Gasteiger partial charge in [-0.05, 0) is 38.4 Å². The lowest BCUT2D eigenvalue weighted by Gasteiger charge is -2.28.